The zero-order valence-electron chi connectivity index (χ0n) is 6.12. The summed E-state index contributed by atoms with van der Waals surface area (Å²) in [7, 11) is 0. The molecule has 0 saturated heterocycles. The van der Waals surface area contributed by atoms with Crippen LogP contribution in [0.3, 0.4) is 0 Å². The zero-order chi connectivity index (χ0) is 7.82. The van der Waals surface area contributed by atoms with Crippen molar-refractivity contribution >= 4 is 0 Å². The Balaban J connectivity index is 2.97. The number of hydrogen-bond acceptors (Lipinski definition) is 4. The summed E-state index contributed by atoms with van der Waals surface area (Å²) in [5.74, 6) is 0. The van der Waals surface area contributed by atoms with Crippen LogP contribution in [0.4, 0.5) is 0 Å². The topological polar surface area (TPSA) is 81.5 Å². The minimum absolute atomic E-state index is 0.0588. The summed E-state index contributed by atoms with van der Waals surface area (Å²) in [5, 5.41) is 7.99. The van der Waals surface area contributed by atoms with Crippen LogP contribution in [0.15, 0.2) is 0 Å². The molecule has 0 aliphatic heterocycles. The van der Waals surface area contributed by atoms with Crippen molar-refractivity contribution in [2.75, 3.05) is 13.2 Å². The number of unbranched alkanes of at least 4 members (excludes halogenated alkanes) is 1. The molecule has 0 saturated carbocycles. The van der Waals surface area contributed by atoms with E-state index in [0.29, 0.717) is 6.54 Å². The van der Waals surface area contributed by atoms with Gasteiger partial charge in [0.25, 0.3) is 0 Å². The van der Waals surface area contributed by atoms with Crippen molar-refractivity contribution in [1.29, 1.82) is 0 Å². The van der Waals surface area contributed by atoms with E-state index in [-0.39, 0.29) is 12.6 Å². The minimum atomic E-state index is -0.0588. The average molecular weight is 148 g/mol. The van der Waals surface area contributed by atoms with E-state index >= 15 is 0 Å². The Morgan fingerprint density at radius 2 is 2.10 bits per heavy atom. The molecule has 0 rings (SSSR count). The van der Waals surface area contributed by atoms with Gasteiger partial charge >= 0.3 is 0 Å². The van der Waals surface area contributed by atoms with E-state index in [1.54, 1.807) is 0 Å². The van der Waals surface area contributed by atoms with Gasteiger partial charge in [-0.1, -0.05) is 6.42 Å². The second-order valence-corrected chi connectivity index (χ2v) is 2.34. The van der Waals surface area contributed by atoms with E-state index in [0.717, 1.165) is 19.3 Å². The van der Waals surface area contributed by atoms with Crippen LogP contribution in [0, 0.1) is 0 Å². The summed E-state index contributed by atoms with van der Waals surface area (Å²) >= 11 is 0. The normalized spacial score (nSPS) is 13.5. The van der Waals surface area contributed by atoms with E-state index in [1.165, 1.54) is 0 Å². The van der Waals surface area contributed by atoms with Crippen LogP contribution in [-0.4, -0.2) is 24.5 Å². The first-order chi connectivity index (χ1) is 4.81. The molecule has 0 radical (unpaired) electrons. The van der Waals surface area contributed by atoms with Gasteiger partial charge in [0, 0.05) is 6.04 Å². The molecule has 0 unspecified atom stereocenters. The summed E-state index contributed by atoms with van der Waals surface area (Å²) in [4.78, 5) is 3.88. The Kier molecular flexibility index (Phi) is 6.84. The largest absolute Gasteiger partial charge is 0.330 e. The van der Waals surface area contributed by atoms with Crippen LogP contribution in [0.1, 0.15) is 19.3 Å². The highest BCUT2D eigenvalue weighted by Crippen LogP contribution is 1.97. The predicted octanol–water partition coefficient (Wildman–Crippen LogP) is -0.0677. The smallest absolute Gasteiger partial charge is 0.0970 e. The van der Waals surface area contributed by atoms with Crippen molar-refractivity contribution in [2.24, 2.45) is 11.5 Å². The fraction of sp³-hybridized carbons (Fsp3) is 1.00. The number of hydrogen-bond donors (Lipinski definition) is 3. The highest BCUT2D eigenvalue weighted by molar-refractivity contribution is 4.58. The third-order valence-corrected chi connectivity index (χ3v) is 1.32. The van der Waals surface area contributed by atoms with Crippen LogP contribution < -0.4 is 11.5 Å². The van der Waals surface area contributed by atoms with Gasteiger partial charge in [-0.25, -0.2) is 4.89 Å². The molecule has 0 aromatic carbocycles. The lowest BCUT2D eigenvalue weighted by molar-refractivity contribution is -0.245. The molecule has 0 aliphatic rings. The SMILES string of the molecule is NCCCC[C@H](N)COO. The summed E-state index contributed by atoms with van der Waals surface area (Å²) < 4.78 is 0. The number of nitrogens with two attached hydrogens (primary N) is 2. The van der Waals surface area contributed by atoms with Crippen molar-refractivity contribution in [2.45, 2.75) is 25.3 Å². The molecule has 0 amide bonds. The fourth-order valence-electron chi connectivity index (χ4n) is 0.730. The van der Waals surface area contributed by atoms with E-state index in [2.05, 4.69) is 4.89 Å². The lowest BCUT2D eigenvalue weighted by Gasteiger charge is -2.07. The van der Waals surface area contributed by atoms with Crippen molar-refractivity contribution in [1.82, 2.24) is 0 Å². The Bertz CT molecular complexity index is 70.8. The summed E-state index contributed by atoms with van der Waals surface area (Å²) in [6, 6.07) is -0.0588. The van der Waals surface area contributed by atoms with Gasteiger partial charge in [-0.05, 0) is 19.4 Å². The summed E-state index contributed by atoms with van der Waals surface area (Å²) in [6.07, 6.45) is 2.85. The first kappa shape index (κ1) is 9.84. The van der Waals surface area contributed by atoms with Gasteiger partial charge in [-0.15, -0.1) is 0 Å². The van der Waals surface area contributed by atoms with Gasteiger partial charge in [0.15, 0.2) is 0 Å². The molecule has 4 heteroatoms. The summed E-state index contributed by atoms with van der Waals surface area (Å²) in [5.41, 5.74) is 10.8. The Labute approximate surface area is 61.1 Å². The van der Waals surface area contributed by atoms with Crippen LogP contribution in [-0.2, 0) is 4.89 Å². The van der Waals surface area contributed by atoms with Gasteiger partial charge in [0.05, 0.1) is 6.61 Å². The molecule has 0 aliphatic carbocycles. The van der Waals surface area contributed by atoms with E-state index in [9.17, 15) is 0 Å². The van der Waals surface area contributed by atoms with E-state index in [4.69, 9.17) is 16.7 Å². The maximum atomic E-state index is 7.99. The molecule has 0 aromatic heterocycles. The van der Waals surface area contributed by atoms with Gasteiger partial charge in [-0.2, -0.15) is 0 Å². The molecule has 1 atom stereocenters. The van der Waals surface area contributed by atoms with Gasteiger partial charge in [0.2, 0.25) is 0 Å². The zero-order valence-corrected chi connectivity index (χ0v) is 6.12. The lowest BCUT2D eigenvalue weighted by Crippen LogP contribution is -2.25. The van der Waals surface area contributed by atoms with Crippen LogP contribution >= 0.6 is 0 Å². The van der Waals surface area contributed by atoms with Gasteiger partial charge in [0.1, 0.15) is 0 Å². The van der Waals surface area contributed by atoms with E-state index < -0.39 is 0 Å². The predicted molar refractivity (Wildman–Crippen MR) is 39.5 cm³/mol. The van der Waals surface area contributed by atoms with Crippen molar-refractivity contribution < 1.29 is 10.1 Å². The van der Waals surface area contributed by atoms with Crippen molar-refractivity contribution in [3.8, 4) is 0 Å². The average Bonchev–Trinajstić information content (AvgIpc) is 1.89. The lowest BCUT2D eigenvalue weighted by atomic mass is 10.1. The fourth-order valence-corrected chi connectivity index (χ4v) is 0.730. The first-order valence-corrected chi connectivity index (χ1v) is 3.53. The highest BCUT2D eigenvalue weighted by Gasteiger charge is 2.00. The maximum absolute atomic E-state index is 7.99. The minimum Gasteiger partial charge on any atom is -0.330 e. The number of rotatable bonds is 6. The molecule has 0 aromatic rings. The molecule has 0 fully saturated rings. The summed E-state index contributed by atoms with van der Waals surface area (Å²) in [6.45, 7) is 0.914. The van der Waals surface area contributed by atoms with Crippen LogP contribution in [0.25, 0.3) is 0 Å². The second-order valence-electron chi connectivity index (χ2n) is 2.34. The molecular formula is C6H16N2O2. The molecule has 4 nitrogen and oxygen atoms in total. The Morgan fingerprint density at radius 3 is 2.60 bits per heavy atom. The van der Waals surface area contributed by atoms with Crippen molar-refractivity contribution in [3.05, 3.63) is 0 Å². The third kappa shape index (κ3) is 5.97. The highest BCUT2D eigenvalue weighted by atomic mass is 17.1. The van der Waals surface area contributed by atoms with E-state index in [1.807, 2.05) is 0 Å². The molecule has 5 N–H and O–H groups in total. The Hall–Kier alpha value is -0.160. The monoisotopic (exact) mass is 148 g/mol. The molecule has 0 bridgehead atoms. The maximum Gasteiger partial charge on any atom is 0.0970 e. The first-order valence-electron chi connectivity index (χ1n) is 3.53. The quantitative estimate of drug-likeness (QED) is 0.280. The standard InChI is InChI=1S/C6H16N2O2/c7-4-2-1-3-6(8)5-10-9/h6,9H,1-5,7-8H2/t6-/m0/s1. The molecule has 62 valence electrons. The van der Waals surface area contributed by atoms with Gasteiger partial charge < -0.3 is 11.5 Å². The van der Waals surface area contributed by atoms with Crippen LogP contribution in [0.2, 0.25) is 0 Å². The van der Waals surface area contributed by atoms with Gasteiger partial charge in [-0.3, -0.25) is 5.26 Å². The second kappa shape index (κ2) is 6.95. The Morgan fingerprint density at radius 1 is 1.40 bits per heavy atom. The molecule has 10 heavy (non-hydrogen) atoms. The van der Waals surface area contributed by atoms with Crippen LogP contribution in [0.5, 0.6) is 0 Å². The third-order valence-electron chi connectivity index (χ3n) is 1.32. The molecule has 0 heterocycles. The molecular weight excluding hydrogens is 132 g/mol. The van der Waals surface area contributed by atoms with Crippen molar-refractivity contribution in [3.63, 3.8) is 0 Å². The molecule has 0 spiro atoms.